The molecule has 0 aliphatic rings. The smallest absolute Gasteiger partial charge is 0.00670 e. The molecule has 1 nitrogen and oxygen atoms in total. The first-order valence-corrected chi connectivity index (χ1v) is 7.44. The van der Waals surface area contributed by atoms with Gasteiger partial charge in [0.15, 0.2) is 0 Å². The molecule has 0 aliphatic carbocycles. The van der Waals surface area contributed by atoms with Gasteiger partial charge in [0.2, 0.25) is 0 Å². The van der Waals surface area contributed by atoms with Gasteiger partial charge in [0.05, 0.1) is 0 Å². The lowest BCUT2D eigenvalue weighted by Crippen LogP contribution is -2.29. The minimum atomic E-state index is 0.772. The van der Waals surface area contributed by atoms with Crippen molar-refractivity contribution in [1.82, 2.24) is 5.32 Å². The fourth-order valence-corrected chi connectivity index (χ4v) is 2.17. The molecule has 1 heteroatoms. The van der Waals surface area contributed by atoms with Gasteiger partial charge in [-0.15, -0.1) is 0 Å². The van der Waals surface area contributed by atoms with E-state index in [-0.39, 0.29) is 0 Å². The Kier molecular flexibility index (Phi) is 11.4. The molecule has 0 saturated heterocycles. The maximum Gasteiger partial charge on any atom is 0.00670 e. The minimum absolute atomic E-state index is 0.772. The zero-order chi connectivity index (χ0) is 12.2. The Labute approximate surface area is 103 Å². The highest BCUT2D eigenvalue weighted by Crippen LogP contribution is 2.13. The first-order valence-electron chi connectivity index (χ1n) is 7.44. The van der Waals surface area contributed by atoms with Crippen molar-refractivity contribution in [2.75, 3.05) is 6.54 Å². The molecule has 1 N–H and O–H groups in total. The van der Waals surface area contributed by atoms with Gasteiger partial charge in [0, 0.05) is 6.04 Å². The Morgan fingerprint density at radius 3 is 2.06 bits per heavy atom. The summed E-state index contributed by atoms with van der Waals surface area (Å²) in [6.45, 7) is 10.3. The average Bonchev–Trinajstić information content (AvgIpc) is 2.25. The molecular formula is C15H33N. The molecule has 1 unspecified atom stereocenters. The van der Waals surface area contributed by atoms with E-state index in [1.165, 1.54) is 51.4 Å². The molecule has 1 atom stereocenters. The van der Waals surface area contributed by atoms with Crippen LogP contribution in [-0.2, 0) is 0 Å². The predicted octanol–water partition coefficient (Wildman–Crippen LogP) is 4.76. The second-order valence-corrected chi connectivity index (χ2v) is 5.43. The van der Waals surface area contributed by atoms with Crippen molar-refractivity contribution >= 4 is 0 Å². The summed E-state index contributed by atoms with van der Waals surface area (Å²) >= 11 is 0. The summed E-state index contributed by atoms with van der Waals surface area (Å²) in [5, 5.41) is 3.63. The molecule has 16 heavy (non-hydrogen) atoms. The average molecular weight is 227 g/mol. The Bertz CT molecular complexity index is 131. The molecular weight excluding hydrogens is 194 g/mol. The van der Waals surface area contributed by atoms with Crippen LogP contribution in [-0.4, -0.2) is 12.6 Å². The van der Waals surface area contributed by atoms with Gasteiger partial charge in [-0.1, -0.05) is 59.8 Å². The van der Waals surface area contributed by atoms with Crippen LogP contribution in [0.4, 0.5) is 0 Å². The maximum absolute atomic E-state index is 3.63. The van der Waals surface area contributed by atoms with Gasteiger partial charge in [-0.2, -0.15) is 0 Å². The summed E-state index contributed by atoms with van der Waals surface area (Å²) in [5.74, 6) is 0.848. The topological polar surface area (TPSA) is 12.0 Å². The lowest BCUT2D eigenvalue weighted by molar-refractivity contribution is 0.402. The van der Waals surface area contributed by atoms with E-state index in [9.17, 15) is 0 Å². The van der Waals surface area contributed by atoms with Crippen molar-refractivity contribution in [2.45, 2.75) is 85.1 Å². The molecule has 98 valence electrons. The number of hydrogen-bond donors (Lipinski definition) is 1. The van der Waals surface area contributed by atoms with Crippen LogP contribution in [0.1, 0.15) is 79.1 Å². The van der Waals surface area contributed by atoms with E-state index in [1.54, 1.807) is 0 Å². The molecule has 0 aromatic heterocycles. The third-order valence-corrected chi connectivity index (χ3v) is 3.24. The SMILES string of the molecule is CCCCCCCC(CCC(C)C)NCC. The molecule has 0 aromatic rings. The Morgan fingerprint density at radius 1 is 0.812 bits per heavy atom. The van der Waals surface area contributed by atoms with Crippen molar-refractivity contribution in [3.05, 3.63) is 0 Å². The first kappa shape index (κ1) is 16.0. The number of nitrogens with one attached hydrogen (secondary N) is 1. The van der Waals surface area contributed by atoms with Gasteiger partial charge in [-0.25, -0.2) is 0 Å². The molecule has 0 saturated carbocycles. The maximum atomic E-state index is 3.63. The fraction of sp³-hybridized carbons (Fsp3) is 1.00. The third kappa shape index (κ3) is 10.5. The second-order valence-electron chi connectivity index (χ2n) is 5.43. The summed E-state index contributed by atoms with van der Waals surface area (Å²) < 4.78 is 0. The number of unbranched alkanes of at least 4 members (excludes halogenated alkanes) is 4. The van der Waals surface area contributed by atoms with E-state index in [1.807, 2.05) is 0 Å². The van der Waals surface area contributed by atoms with E-state index >= 15 is 0 Å². The zero-order valence-corrected chi connectivity index (χ0v) is 12.0. The molecule has 0 amide bonds. The largest absolute Gasteiger partial charge is 0.314 e. The van der Waals surface area contributed by atoms with Crippen LogP contribution in [0.3, 0.4) is 0 Å². The fourth-order valence-electron chi connectivity index (χ4n) is 2.17. The van der Waals surface area contributed by atoms with Gasteiger partial charge in [0.25, 0.3) is 0 Å². The molecule has 0 fully saturated rings. The van der Waals surface area contributed by atoms with Gasteiger partial charge in [-0.05, 0) is 31.7 Å². The highest BCUT2D eigenvalue weighted by atomic mass is 14.9. The zero-order valence-electron chi connectivity index (χ0n) is 12.0. The number of rotatable bonds is 11. The van der Waals surface area contributed by atoms with Gasteiger partial charge in [0.1, 0.15) is 0 Å². The molecule has 0 bridgehead atoms. The quantitative estimate of drug-likeness (QED) is 0.502. The van der Waals surface area contributed by atoms with E-state index in [0.717, 1.165) is 18.5 Å². The second kappa shape index (κ2) is 11.4. The van der Waals surface area contributed by atoms with Crippen molar-refractivity contribution < 1.29 is 0 Å². The van der Waals surface area contributed by atoms with E-state index < -0.39 is 0 Å². The van der Waals surface area contributed by atoms with E-state index in [0.29, 0.717) is 0 Å². The molecule has 0 aromatic carbocycles. The minimum Gasteiger partial charge on any atom is -0.314 e. The summed E-state index contributed by atoms with van der Waals surface area (Å²) in [7, 11) is 0. The van der Waals surface area contributed by atoms with Crippen molar-refractivity contribution in [3.8, 4) is 0 Å². The van der Waals surface area contributed by atoms with Crippen LogP contribution < -0.4 is 5.32 Å². The van der Waals surface area contributed by atoms with Crippen LogP contribution in [0.25, 0.3) is 0 Å². The normalized spacial score (nSPS) is 13.3. The van der Waals surface area contributed by atoms with Crippen LogP contribution in [0.5, 0.6) is 0 Å². The summed E-state index contributed by atoms with van der Waals surface area (Å²) in [5.41, 5.74) is 0. The molecule has 0 radical (unpaired) electrons. The Morgan fingerprint density at radius 2 is 1.50 bits per heavy atom. The lowest BCUT2D eigenvalue weighted by Gasteiger charge is -2.18. The van der Waals surface area contributed by atoms with E-state index in [2.05, 4.69) is 33.0 Å². The highest BCUT2D eigenvalue weighted by Gasteiger charge is 2.07. The Balaban J connectivity index is 3.51. The van der Waals surface area contributed by atoms with Crippen LogP contribution in [0, 0.1) is 5.92 Å². The summed E-state index contributed by atoms with van der Waals surface area (Å²) in [6.07, 6.45) is 11.1. The van der Waals surface area contributed by atoms with Crippen molar-refractivity contribution in [3.63, 3.8) is 0 Å². The summed E-state index contributed by atoms with van der Waals surface area (Å²) in [4.78, 5) is 0. The summed E-state index contributed by atoms with van der Waals surface area (Å²) in [6, 6.07) is 0.772. The van der Waals surface area contributed by atoms with Crippen molar-refractivity contribution in [2.24, 2.45) is 5.92 Å². The van der Waals surface area contributed by atoms with Crippen LogP contribution >= 0.6 is 0 Å². The monoisotopic (exact) mass is 227 g/mol. The molecule has 0 heterocycles. The van der Waals surface area contributed by atoms with Crippen LogP contribution in [0.2, 0.25) is 0 Å². The Hall–Kier alpha value is -0.0400. The lowest BCUT2D eigenvalue weighted by atomic mass is 9.98. The third-order valence-electron chi connectivity index (χ3n) is 3.24. The molecule has 0 rings (SSSR count). The van der Waals surface area contributed by atoms with Gasteiger partial charge < -0.3 is 5.32 Å². The molecule has 0 spiro atoms. The van der Waals surface area contributed by atoms with Crippen molar-refractivity contribution in [1.29, 1.82) is 0 Å². The first-order chi connectivity index (χ1) is 7.70. The molecule has 0 aliphatic heterocycles. The number of hydrogen-bond acceptors (Lipinski definition) is 1. The highest BCUT2D eigenvalue weighted by molar-refractivity contribution is 4.67. The van der Waals surface area contributed by atoms with Crippen LogP contribution in [0.15, 0.2) is 0 Å². The predicted molar refractivity (Wildman–Crippen MR) is 74.9 cm³/mol. The van der Waals surface area contributed by atoms with E-state index in [4.69, 9.17) is 0 Å². The van der Waals surface area contributed by atoms with Gasteiger partial charge >= 0.3 is 0 Å². The van der Waals surface area contributed by atoms with Gasteiger partial charge in [-0.3, -0.25) is 0 Å². The standard InChI is InChI=1S/C15H33N/c1-5-7-8-9-10-11-15(16-6-2)13-12-14(3)4/h14-16H,5-13H2,1-4H3.